The van der Waals surface area contributed by atoms with E-state index >= 15 is 13.7 Å². The molecule has 0 saturated heterocycles. The summed E-state index contributed by atoms with van der Waals surface area (Å²) in [5.74, 6) is 0. The van der Waals surface area contributed by atoms with Crippen LogP contribution in [0.4, 0.5) is 0 Å². The molecule has 9 aromatic carbocycles. The Morgan fingerprint density at radius 3 is 0.754 bits per heavy atom. The van der Waals surface area contributed by atoms with Gasteiger partial charge in [-0.3, -0.25) is 0 Å². The largest absolute Gasteiger partial charge is 0.309 e. The molecule has 0 aliphatic carbocycles. The smallest absolute Gasteiger partial charge is 0.171 e. The van der Waals surface area contributed by atoms with Gasteiger partial charge in [-0.25, -0.2) is 4.98 Å². The Labute approximate surface area is 405 Å². The first-order chi connectivity index (χ1) is 33.6. The van der Waals surface area contributed by atoms with Crippen LogP contribution in [-0.2, 0) is 13.7 Å². The highest BCUT2D eigenvalue weighted by atomic mass is 31.2. The van der Waals surface area contributed by atoms with E-state index in [1.54, 1.807) is 0 Å². The maximum atomic E-state index is 15.9. The fraction of sp³-hybridized carbons (Fsp3) is 0.0484. The Balaban J connectivity index is 1.22. The van der Waals surface area contributed by atoms with E-state index < -0.39 is 21.4 Å². The fourth-order valence-electron chi connectivity index (χ4n) is 9.45. The number of pyridine rings is 1. The minimum Gasteiger partial charge on any atom is -0.309 e. The van der Waals surface area contributed by atoms with E-state index in [0.29, 0.717) is 11.4 Å². The predicted molar refractivity (Wildman–Crippen MR) is 293 cm³/mol. The van der Waals surface area contributed by atoms with E-state index in [4.69, 9.17) is 4.98 Å². The minimum atomic E-state index is -3.37. The van der Waals surface area contributed by atoms with Crippen LogP contribution >= 0.6 is 21.4 Å². The van der Waals surface area contributed by atoms with Crippen LogP contribution in [0.5, 0.6) is 0 Å². The summed E-state index contributed by atoms with van der Waals surface area (Å²) in [5.41, 5.74) is 7.40. The highest BCUT2D eigenvalue weighted by Crippen LogP contribution is 2.47. The van der Waals surface area contributed by atoms with Crippen molar-refractivity contribution in [2.45, 2.75) is 20.8 Å². The van der Waals surface area contributed by atoms with Gasteiger partial charge in [-0.1, -0.05) is 218 Å². The van der Waals surface area contributed by atoms with Crippen molar-refractivity contribution < 1.29 is 13.7 Å². The number of rotatable bonds is 12. The number of hydrogen-bond acceptors (Lipinski definition) is 4. The zero-order valence-corrected chi connectivity index (χ0v) is 41.4. The number of aryl methyl sites for hydroxylation is 3. The Morgan fingerprint density at radius 1 is 0.261 bits per heavy atom. The van der Waals surface area contributed by atoms with Gasteiger partial charge in [0.25, 0.3) is 0 Å². The lowest BCUT2D eigenvalue weighted by atomic mass is 9.98. The first kappa shape index (κ1) is 45.6. The first-order valence-corrected chi connectivity index (χ1v) is 28.2. The molecule has 4 nitrogen and oxygen atoms in total. The van der Waals surface area contributed by atoms with Gasteiger partial charge in [0.1, 0.15) is 0 Å². The zero-order valence-electron chi connectivity index (χ0n) is 38.7. The molecule has 0 aliphatic heterocycles. The monoisotopic (exact) mass is 949 g/mol. The summed E-state index contributed by atoms with van der Waals surface area (Å²) in [4.78, 5) is 5.45. The molecule has 1 heterocycles. The van der Waals surface area contributed by atoms with E-state index in [2.05, 4.69) is 30.3 Å². The number of hydrogen-bond donors (Lipinski definition) is 0. The molecule has 10 aromatic rings. The van der Waals surface area contributed by atoms with Gasteiger partial charge in [-0.05, 0) is 78.9 Å². The van der Waals surface area contributed by atoms with Gasteiger partial charge in [-0.2, -0.15) is 0 Å². The van der Waals surface area contributed by atoms with E-state index in [1.165, 1.54) is 0 Å². The second-order valence-corrected chi connectivity index (χ2v) is 25.7. The molecule has 0 bridgehead atoms. The molecule has 1 aromatic heterocycles. The van der Waals surface area contributed by atoms with Crippen LogP contribution in [0.2, 0.25) is 0 Å². The van der Waals surface area contributed by atoms with Crippen LogP contribution in [0.15, 0.2) is 249 Å². The van der Waals surface area contributed by atoms with Gasteiger partial charge in [-0.15, -0.1) is 0 Å². The van der Waals surface area contributed by atoms with Gasteiger partial charge in [0.05, 0.1) is 11.4 Å². The van der Waals surface area contributed by atoms with Gasteiger partial charge in [0, 0.05) is 58.9 Å². The molecule has 0 aliphatic rings. The highest BCUT2D eigenvalue weighted by Gasteiger charge is 2.34. The van der Waals surface area contributed by atoms with Crippen molar-refractivity contribution in [3.8, 4) is 33.6 Å². The molecular weight excluding hydrogens is 900 g/mol. The normalized spacial score (nSPS) is 11.9. The molecule has 0 atom stereocenters. The molecule has 0 unspecified atom stereocenters. The summed E-state index contributed by atoms with van der Waals surface area (Å²) in [6, 6.07) is 81.1. The van der Waals surface area contributed by atoms with Gasteiger partial charge in [0.15, 0.2) is 21.4 Å². The second-order valence-electron chi connectivity index (χ2n) is 17.5. The molecule has 336 valence electrons. The quantitative estimate of drug-likeness (QED) is 0.114. The average molecular weight is 950 g/mol. The van der Waals surface area contributed by atoms with Crippen molar-refractivity contribution in [3.63, 3.8) is 0 Å². The molecule has 7 heteroatoms. The Morgan fingerprint density at radius 2 is 0.493 bits per heavy atom. The standard InChI is InChI=1S/C62H50NO3P3/c1-45-34-37-48(42-60(45)67(64,52-22-10-4-11-23-52)53-24-12-5-13-25-53)51-40-58(49-38-35-46(2)61(43-49)68(65,54-26-14-6-15-27-54)55-28-16-7-17-29-55)63-59(41-51)50-39-36-47(3)62(44-50)69(66,56-30-18-8-19-31-56)57-32-20-9-21-33-57/h4-44H,1-3H3. The van der Waals surface area contributed by atoms with Crippen LogP contribution in [0.1, 0.15) is 16.7 Å². The van der Waals surface area contributed by atoms with Gasteiger partial charge < -0.3 is 13.7 Å². The lowest BCUT2D eigenvalue weighted by molar-refractivity contribution is 0.591. The SMILES string of the molecule is Cc1ccc(-c2cc(-c3ccc(C)c(P(=O)(c4ccccc4)c4ccccc4)c3)nc(-c3ccc(C)c(P(=O)(c4ccccc4)c4ccccc4)c3)c2)cc1P(=O)(c1ccccc1)c1ccccc1. The fourth-order valence-corrected chi connectivity index (χ4v) is 18.2. The first-order valence-electron chi connectivity index (χ1n) is 23.1. The van der Waals surface area contributed by atoms with Crippen molar-refractivity contribution in [2.75, 3.05) is 0 Å². The summed E-state index contributed by atoms with van der Waals surface area (Å²) in [6.07, 6.45) is 0. The second kappa shape index (κ2) is 19.1. The highest BCUT2D eigenvalue weighted by molar-refractivity contribution is 7.86. The molecule has 0 radical (unpaired) electrons. The third kappa shape index (κ3) is 8.45. The number of nitrogens with zero attached hydrogens (tertiary/aromatic N) is 1. The third-order valence-electron chi connectivity index (χ3n) is 13.1. The molecule has 0 spiro atoms. The molecule has 0 N–H and O–H groups in total. The van der Waals surface area contributed by atoms with E-state index in [1.807, 2.05) is 239 Å². The van der Waals surface area contributed by atoms with Crippen molar-refractivity contribution in [1.82, 2.24) is 4.98 Å². The molecule has 0 amide bonds. The number of aromatic nitrogens is 1. The average Bonchev–Trinajstić information content (AvgIpc) is 3.42. The van der Waals surface area contributed by atoms with Gasteiger partial charge in [0.2, 0.25) is 0 Å². The van der Waals surface area contributed by atoms with Crippen molar-refractivity contribution in [2.24, 2.45) is 0 Å². The summed E-state index contributed by atoms with van der Waals surface area (Å²) in [6.45, 7) is 6.06. The Kier molecular flexibility index (Phi) is 12.6. The third-order valence-corrected chi connectivity index (χ3v) is 22.7. The maximum absolute atomic E-state index is 15.9. The van der Waals surface area contributed by atoms with Crippen LogP contribution < -0.4 is 47.7 Å². The Bertz CT molecular complexity index is 3080. The molecule has 69 heavy (non-hydrogen) atoms. The molecule has 0 saturated carbocycles. The topological polar surface area (TPSA) is 64.1 Å². The van der Waals surface area contributed by atoms with Gasteiger partial charge >= 0.3 is 0 Å². The maximum Gasteiger partial charge on any atom is 0.171 e. The molecule has 10 rings (SSSR count). The summed E-state index contributed by atoms with van der Waals surface area (Å²) < 4.78 is 47.8. The van der Waals surface area contributed by atoms with E-state index in [0.717, 1.165) is 86.7 Å². The summed E-state index contributed by atoms with van der Waals surface area (Å²) in [5, 5.41) is 6.75. The Hall–Kier alpha value is -7.18. The summed E-state index contributed by atoms with van der Waals surface area (Å²) in [7, 11) is -10.1. The minimum absolute atomic E-state index is 0.671. The zero-order chi connectivity index (χ0) is 47.6. The van der Waals surface area contributed by atoms with Crippen LogP contribution in [0.3, 0.4) is 0 Å². The van der Waals surface area contributed by atoms with Crippen molar-refractivity contribution in [3.05, 3.63) is 265 Å². The van der Waals surface area contributed by atoms with Crippen molar-refractivity contribution >= 4 is 69.2 Å². The van der Waals surface area contributed by atoms with Crippen molar-refractivity contribution in [1.29, 1.82) is 0 Å². The van der Waals surface area contributed by atoms with Crippen LogP contribution in [-0.4, -0.2) is 4.98 Å². The summed E-state index contributed by atoms with van der Waals surface area (Å²) >= 11 is 0. The lowest BCUT2D eigenvalue weighted by Gasteiger charge is -2.24. The lowest BCUT2D eigenvalue weighted by Crippen LogP contribution is -2.27. The number of benzene rings is 9. The van der Waals surface area contributed by atoms with E-state index in [-0.39, 0.29) is 0 Å². The molecular formula is C62H50NO3P3. The van der Waals surface area contributed by atoms with E-state index in [9.17, 15) is 0 Å². The van der Waals surface area contributed by atoms with Crippen LogP contribution in [0, 0.1) is 20.8 Å². The molecule has 0 fully saturated rings. The predicted octanol–water partition coefficient (Wildman–Crippen LogP) is 11.9. The van der Waals surface area contributed by atoms with Crippen LogP contribution in [0.25, 0.3) is 33.6 Å².